The molecule has 1 aromatic rings. The van der Waals surface area contributed by atoms with Crippen LogP contribution in [0.1, 0.15) is 31.6 Å². The Hall–Kier alpha value is 0.140. The van der Waals surface area contributed by atoms with Crippen molar-refractivity contribution in [3.63, 3.8) is 0 Å². The van der Waals surface area contributed by atoms with E-state index in [9.17, 15) is 0 Å². The second kappa shape index (κ2) is 5.65. The van der Waals surface area contributed by atoms with Crippen LogP contribution in [0.2, 0.25) is 0 Å². The molecule has 1 N–H and O–H groups in total. The Morgan fingerprint density at radius 1 is 1.38 bits per heavy atom. The molecule has 0 aromatic carbocycles. The minimum Gasteiger partial charge on any atom is -0.314 e. The molecule has 0 radical (unpaired) electrons. The first-order valence-corrected chi connectivity index (χ1v) is 7.73. The normalized spacial score (nSPS) is 19.7. The van der Waals surface area contributed by atoms with E-state index in [1.54, 1.807) is 0 Å². The average molecular weight is 302 g/mol. The summed E-state index contributed by atoms with van der Waals surface area (Å²) in [7, 11) is 0. The molecule has 1 aromatic heterocycles. The third kappa shape index (κ3) is 3.86. The molecule has 90 valence electrons. The van der Waals surface area contributed by atoms with E-state index in [0.29, 0.717) is 0 Å². The van der Waals surface area contributed by atoms with Gasteiger partial charge in [-0.25, -0.2) is 0 Å². The van der Waals surface area contributed by atoms with Crippen LogP contribution in [-0.4, -0.2) is 12.6 Å². The van der Waals surface area contributed by atoms with Gasteiger partial charge in [-0.3, -0.25) is 0 Å². The third-order valence-corrected chi connectivity index (χ3v) is 5.08. The van der Waals surface area contributed by atoms with E-state index in [-0.39, 0.29) is 0 Å². The quantitative estimate of drug-likeness (QED) is 0.835. The number of hydrogen-bond acceptors (Lipinski definition) is 2. The van der Waals surface area contributed by atoms with Crippen molar-refractivity contribution in [3.05, 3.63) is 20.8 Å². The summed E-state index contributed by atoms with van der Waals surface area (Å²) in [5, 5.41) is 3.62. The topological polar surface area (TPSA) is 12.0 Å². The molecule has 1 fully saturated rings. The summed E-state index contributed by atoms with van der Waals surface area (Å²) in [6.07, 6.45) is 3.99. The Morgan fingerprint density at radius 3 is 2.69 bits per heavy atom. The van der Waals surface area contributed by atoms with E-state index in [2.05, 4.69) is 47.2 Å². The van der Waals surface area contributed by atoms with E-state index >= 15 is 0 Å². The molecule has 1 aliphatic carbocycles. The largest absolute Gasteiger partial charge is 0.314 e. The fraction of sp³-hybridized carbons (Fsp3) is 0.692. The van der Waals surface area contributed by atoms with Crippen LogP contribution in [0.25, 0.3) is 0 Å². The van der Waals surface area contributed by atoms with Crippen LogP contribution in [-0.2, 0) is 6.42 Å². The van der Waals surface area contributed by atoms with Gasteiger partial charge < -0.3 is 5.32 Å². The minimum absolute atomic E-state index is 0.761. The number of hydrogen-bond donors (Lipinski definition) is 1. The standard InChI is InChI=1S/C13H20BrNS/c1-9(7-12-5-6-13(14)16-12)10(2)8-15-11-3-4-11/h5-6,9-11,15H,3-4,7-8H2,1-2H3. The molecular weight excluding hydrogens is 282 g/mol. The molecule has 3 heteroatoms. The molecule has 16 heavy (non-hydrogen) atoms. The third-order valence-electron chi connectivity index (χ3n) is 3.43. The van der Waals surface area contributed by atoms with Crippen LogP contribution in [0.15, 0.2) is 15.9 Å². The predicted molar refractivity (Wildman–Crippen MR) is 75.1 cm³/mol. The van der Waals surface area contributed by atoms with Gasteiger partial charge in [-0.2, -0.15) is 0 Å². The Labute approximate surface area is 111 Å². The summed E-state index contributed by atoms with van der Waals surface area (Å²) < 4.78 is 1.25. The van der Waals surface area contributed by atoms with Crippen LogP contribution in [0.5, 0.6) is 0 Å². The minimum atomic E-state index is 0.761. The van der Waals surface area contributed by atoms with Gasteiger partial charge >= 0.3 is 0 Å². The van der Waals surface area contributed by atoms with Crippen molar-refractivity contribution >= 4 is 27.3 Å². The van der Waals surface area contributed by atoms with Gasteiger partial charge in [0.1, 0.15) is 0 Å². The molecule has 2 unspecified atom stereocenters. The second-order valence-corrected chi connectivity index (χ2v) is 7.59. The van der Waals surface area contributed by atoms with Crippen LogP contribution >= 0.6 is 27.3 Å². The van der Waals surface area contributed by atoms with Crippen molar-refractivity contribution in [3.8, 4) is 0 Å². The molecular formula is C13H20BrNS. The molecule has 2 rings (SSSR count). The van der Waals surface area contributed by atoms with E-state index < -0.39 is 0 Å². The van der Waals surface area contributed by atoms with Gasteiger partial charge in [0, 0.05) is 10.9 Å². The smallest absolute Gasteiger partial charge is 0.0701 e. The maximum Gasteiger partial charge on any atom is 0.0701 e. The lowest BCUT2D eigenvalue weighted by Gasteiger charge is -2.19. The fourth-order valence-corrected chi connectivity index (χ4v) is 3.45. The number of halogens is 1. The molecule has 0 saturated heterocycles. The molecule has 1 aliphatic rings. The fourth-order valence-electron chi connectivity index (χ4n) is 1.82. The van der Waals surface area contributed by atoms with Crippen LogP contribution < -0.4 is 5.32 Å². The highest BCUT2D eigenvalue weighted by Crippen LogP contribution is 2.27. The molecule has 1 saturated carbocycles. The Bertz CT molecular complexity index is 332. The lowest BCUT2D eigenvalue weighted by molar-refractivity contribution is 0.366. The van der Waals surface area contributed by atoms with Gasteiger partial charge in [0.25, 0.3) is 0 Å². The Morgan fingerprint density at radius 2 is 2.12 bits per heavy atom. The van der Waals surface area contributed by atoms with Crippen molar-refractivity contribution in [2.24, 2.45) is 11.8 Å². The van der Waals surface area contributed by atoms with Gasteiger partial charge in [0.05, 0.1) is 3.79 Å². The summed E-state index contributed by atoms with van der Waals surface area (Å²) in [6.45, 7) is 5.91. The van der Waals surface area contributed by atoms with Gasteiger partial charge in [0.15, 0.2) is 0 Å². The maximum atomic E-state index is 3.62. The highest BCUT2D eigenvalue weighted by atomic mass is 79.9. The first-order valence-electron chi connectivity index (χ1n) is 6.12. The lowest BCUT2D eigenvalue weighted by atomic mass is 9.92. The molecule has 0 amide bonds. The molecule has 0 bridgehead atoms. The van der Waals surface area contributed by atoms with Crippen molar-refractivity contribution in [2.45, 2.75) is 39.2 Å². The lowest BCUT2D eigenvalue weighted by Crippen LogP contribution is -2.27. The zero-order chi connectivity index (χ0) is 11.5. The van der Waals surface area contributed by atoms with Gasteiger partial charge in [-0.1, -0.05) is 13.8 Å². The van der Waals surface area contributed by atoms with E-state index in [1.807, 2.05) is 11.3 Å². The monoisotopic (exact) mass is 301 g/mol. The van der Waals surface area contributed by atoms with Crippen molar-refractivity contribution in [1.29, 1.82) is 0 Å². The SMILES string of the molecule is CC(CNC1CC1)C(C)Cc1ccc(Br)s1. The zero-order valence-electron chi connectivity index (χ0n) is 10.0. The molecule has 1 heterocycles. The van der Waals surface area contributed by atoms with E-state index in [0.717, 1.165) is 17.9 Å². The molecule has 1 nitrogen and oxygen atoms in total. The van der Waals surface area contributed by atoms with Crippen LogP contribution in [0.4, 0.5) is 0 Å². The van der Waals surface area contributed by atoms with Gasteiger partial charge in [0.2, 0.25) is 0 Å². The Kier molecular flexibility index (Phi) is 4.45. The highest BCUT2D eigenvalue weighted by Gasteiger charge is 2.22. The van der Waals surface area contributed by atoms with Crippen molar-refractivity contribution in [2.75, 3.05) is 6.54 Å². The van der Waals surface area contributed by atoms with Crippen molar-refractivity contribution < 1.29 is 0 Å². The summed E-state index contributed by atoms with van der Waals surface area (Å²) in [6, 6.07) is 5.23. The second-order valence-electron chi connectivity index (χ2n) is 5.05. The van der Waals surface area contributed by atoms with Gasteiger partial charge in [-0.05, 0) is 65.7 Å². The van der Waals surface area contributed by atoms with Crippen molar-refractivity contribution in [1.82, 2.24) is 5.32 Å². The Balaban J connectivity index is 1.74. The summed E-state index contributed by atoms with van der Waals surface area (Å²) in [5.41, 5.74) is 0. The highest BCUT2D eigenvalue weighted by molar-refractivity contribution is 9.11. The first-order chi connectivity index (χ1) is 7.65. The average Bonchev–Trinajstić information content (AvgIpc) is 2.99. The predicted octanol–water partition coefficient (Wildman–Crippen LogP) is 4.08. The molecule has 0 spiro atoms. The summed E-state index contributed by atoms with van der Waals surface area (Å²) in [4.78, 5) is 1.50. The van der Waals surface area contributed by atoms with E-state index in [4.69, 9.17) is 0 Å². The number of nitrogens with one attached hydrogen (secondary N) is 1. The number of rotatable bonds is 6. The van der Waals surface area contributed by atoms with Crippen LogP contribution in [0.3, 0.4) is 0 Å². The zero-order valence-corrected chi connectivity index (χ0v) is 12.4. The summed E-state index contributed by atoms with van der Waals surface area (Å²) >= 11 is 5.39. The van der Waals surface area contributed by atoms with E-state index in [1.165, 1.54) is 34.5 Å². The first kappa shape index (κ1) is 12.6. The molecule has 0 aliphatic heterocycles. The number of thiophene rings is 1. The maximum absolute atomic E-state index is 3.62. The summed E-state index contributed by atoms with van der Waals surface area (Å²) in [5.74, 6) is 1.53. The molecule has 2 atom stereocenters. The van der Waals surface area contributed by atoms with Crippen LogP contribution in [0, 0.1) is 11.8 Å². The van der Waals surface area contributed by atoms with Gasteiger partial charge in [-0.15, -0.1) is 11.3 Å².